The van der Waals surface area contributed by atoms with E-state index in [1.807, 2.05) is 19.1 Å². The highest BCUT2D eigenvalue weighted by atomic mass is 16.1. The van der Waals surface area contributed by atoms with E-state index in [2.05, 4.69) is 35.4 Å². The quantitative estimate of drug-likeness (QED) is 0.740. The summed E-state index contributed by atoms with van der Waals surface area (Å²) in [5.74, 6) is 2.31. The molecule has 8 nitrogen and oxygen atoms in total. The van der Waals surface area contributed by atoms with Gasteiger partial charge in [0.2, 0.25) is 0 Å². The first-order valence-electron chi connectivity index (χ1n) is 8.86. The van der Waals surface area contributed by atoms with Crippen molar-refractivity contribution in [1.82, 2.24) is 25.1 Å². The number of nitrogens with one attached hydrogen (secondary N) is 2. The Hall–Kier alpha value is -3.03. The smallest absolute Gasteiger partial charge is 0.264 e. The third-order valence-electron chi connectivity index (χ3n) is 4.67. The molecule has 2 N–H and O–H groups in total. The standard InChI is InChI=1S/C18H21N7O/c1-12-21-17-14(6-4-9-19-17)18(22-12)20-11-13-5-2-3-10-25(13)15-7-8-16(26)24-23-15/h4,6-9,13H,2-3,5,10-11H2,1H3,(H,24,26)(H,19,20,21,22). The van der Waals surface area contributed by atoms with Gasteiger partial charge in [0, 0.05) is 31.4 Å². The van der Waals surface area contributed by atoms with E-state index < -0.39 is 0 Å². The molecule has 3 aromatic rings. The van der Waals surface area contributed by atoms with E-state index in [1.54, 1.807) is 12.3 Å². The van der Waals surface area contributed by atoms with Crippen LogP contribution in [0.5, 0.6) is 0 Å². The fourth-order valence-corrected chi connectivity index (χ4v) is 3.43. The van der Waals surface area contributed by atoms with Crippen molar-refractivity contribution in [2.75, 3.05) is 23.3 Å². The molecule has 0 amide bonds. The van der Waals surface area contributed by atoms with Crippen molar-refractivity contribution in [3.63, 3.8) is 0 Å². The zero-order chi connectivity index (χ0) is 17.9. The molecule has 1 aliphatic rings. The molecule has 3 aromatic heterocycles. The van der Waals surface area contributed by atoms with Gasteiger partial charge in [-0.3, -0.25) is 4.79 Å². The molecule has 0 saturated carbocycles. The van der Waals surface area contributed by atoms with Crippen LogP contribution in [0.25, 0.3) is 11.0 Å². The van der Waals surface area contributed by atoms with Crippen LogP contribution >= 0.6 is 0 Å². The van der Waals surface area contributed by atoms with Crippen LogP contribution in [0, 0.1) is 6.92 Å². The van der Waals surface area contributed by atoms with Gasteiger partial charge < -0.3 is 10.2 Å². The molecule has 4 heterocycles. The van der Waals surface area contributed by atoms with Crippen LogP contribution in [0.15, 0.2) is 35.3 Å². The number of nitrogens with zero attached hydrogens (tertiary/aromatic N) is 5. The number of anilines is 2. The normalized spacial score (nSPS) is 17.4. The molecule has 0 radical (unpaired) electrons. The molecule has 4 rings (SSSR count). The molecule has 1 aliphatic heterocycles. The Kier molecular flexibility index (Phi) is 4.47. The number of piperidine rings is 1. The SMILES string of the molecule is Cc1nc(NCC2CCCCN2c2ccc(=O)[nH]n2)c2cccnc2n1. The highest BCUT2D eigenvalue weighted by Gasteiger charge is 2.24. The third kappa shape index (κ3) is 3.35. The van der Waals surface area contributed by atoms with Gasteiger partial charge in [-0.25, -0.2) is 20.1 Å². The molecule has 1 unspecified atom stereocenters. The van der Waals surface area contributed by atoms with E-state index in [0.717, 1.165) is 43.0 Å². The largest absolute Gasteiger partial charge is 0.367 e. The fourth-order valence-electron chi connectivity index (χ4n) is 3.43. The number of fused-ring (bicyclic) bond motifs is 1. The van der Waals surface area contributed by atoms with E-state index >= 15 is 0 Å². The van der Waals surface area contributed by atoms with E-state index in [1.165, 1.54) is 12.5 Å². The predicted molar refractivity (Wildman–Crippen MR) is 100 cm³/mol. The summed E-state index contributed by atoms with van der Waals surface area (Å²) in [6.45, 7) is 3.54. The van der Waals surface area contributed by atoms with Crippen LogP contribution in [0.3, 0.4) is 0 Å². The van der Waals surface area contributed by atoms with Crippen LogP contribution in [0.2, 0.25) is 0 Å². The second-order valence-corrected chi connectivity index (χ2v) is 6.50. The topological polar surface area (TPSA) is 99.7 Å². The van der Waals surface area contributed by atoms with E-state index in [9.17, 15) is 4.79 Å². The van der Waals surface area contributed by atoms with Gasteiger partial charge in [0.25, 0.3) is 5.56 Å². The lowest BCUT2D eigenvalue weighted by atomic mass is 10.0. The summed E-state index contributed by atoms with van der Waals surface area (Å²) in [6, 6.07) is 7.46. The molecule has 1 atom stereocenters. The summed E-state index contributed by atoms with van der Waals surface area (Å²) < 4.78 is 0. The minimum Gasteiger partial charge on any atom is -0.367 e. The minimum absolute atomic E-state index is 0.184. The Morgan fingerprint density at radius 2 is 2.19 bits per heavy atom. The monoisotopic (exact) mass is 351 g/mol. The molecular weight excluding hydrogens is 330 g/mol. The second kappa shape index (κ2) is 7.07. The molecule has 0 bridgehead atoms. The Morgan fingerprint density at radius 3 is 3.04 bits per heavy atom. The summed E-state index contributed by atoms with van der Waals surface area (Å²) in [7, 11) is 0. The Bertz CT molecular complexity index is 951. The van der Waals surface area contributed by atoms with Crippen molar-refractivity contribution >= 4 is 22.7 Å². The van der Waals surface area contributed by atoms with Gasteiger partial charge >= 0.3 is 0 Å². The first kappa shape index (κ1) is 16.4. The van der Waals surface area contributed by atoms with Crippen molar-refractivity contribution in [3.05, 3.63) is 46.6 Å². The zero-order valence-electron chi connectivity index (χ0n) is 14.6. The Labute approximate surface area is 150 Å². The van der Waals surface area contributed by atoms with Crippen LogP contribution in [0.4, 0.5) is 11.6 Å². The van der Waals surface area contributed by atoms with Crippen LogP contribution in [-0.2, 0) is 0 Å². The van der Waals surface area contributed by atoms with Gasteiger partial charge in [-0.15, -0.1) is 0 Å². The molecule has 0 spiro atoms. The maximum Gasteiger partial charge on any atom is 0.264 e. The number of hydrogen-bond donors (Lipinski definition) is 2. The number of aryl methyl sites for hydroxylation is 1. The Morgan fingerprint density at radius 1 is 1.27 bits per heavy atom. The summed E-state index contributed by atoms with van der Waals surface area (Å²) in [4.78, 5) is 26.8. The van der Waals surface area contributed by atoms with Crippen molar-refractivity contribution in [1.29, 1.82) is 0 Å². The number of aromatic amines is 1. The average Bonchev–Trinajstić information content (AvgIpc) is 2.67. The molecule has 1 fully saturated rings. The number of hydrogen-bond acceptors (Lipinski definition) is 7. The summed E-state index contributed by atoms with van der Waals surface area (Å²) in [5.41, 5.74) is 0.515. The van der Waals surface area contributed by atoms with Gasteiger partial charge in [0.1, 0.15) is 17.5 Å². The lowest BCUT2D eigenvalue weighted by molar-refractivity contribution is 0.467. The number of aromatic nitrogens is 5. The number of rotatable bonds is 4. The lowest BCUT2D eigenvalue weighted by Crippen LogP contribution is -2.44. The number of H-pyrrole nitrogens is 1. The number of pyridine rings is 1. The van der Waals surface area contributed by atoms with Crippen LogP contribution < -0.4 is 15.8 Å². The zero-order valence-corrected chi connectivity index (χ0v) is 14.6. The average molecular weight is 351 g/mol. The summed E-state index contributed by atoms with van der Waals surface area (Å²) in [5, 5.41) is 11.1. The molecule has 26 heavy (non-hydrogen) atoms. The maximum absolute atomic E-state index is 11.3. The fraction of sp³-hybridized carbons (Fsp3) is 0.389. The van der Waals surface area contributed by atoms with Crippen LogP contribution in [-0.4, -0.2) is 44.3 Å². The first-order chi connectivity index (χ1) is 12.7. The van der Waals surface area contributed by atoms with Crippen molar-refractivity contribution in [2.24, 2.45) is 0 Å². The molecule has 0 aromatic carbocycles. The van der Waals surface area contributed by atoms with E-state index in [-0.39, 0.29) is 11.6 Å². The third-order valence-corrected chi connectivity index (χ3v) is 4.67. The lowest BCUT2D eigenvalue weighted by Gasteiger charge is -2.36. The van der Waals surface area contributed by atoms with Crippen molar-refractivity contribution < 1.29 is 0 Å². The molecule has 1 saturated heterocycles. The summed E-state index contributed by atoms with van der Waals surface area (Å²) in [6.07, 6.45) is 5.10. The van der Waals surface area contributed by atoms with Gasteiger partial charge in [0.15, 0.2) is 5.65 Å². The minimum atomic E-state index is -0.184. The molecule has 0 aliphatic carbocycles. The van der Waals surface area contributed by atoms with E-state index in [0.29, 0.717) is 11.5 Å². The highest BCUT2D eigenvalue weighted by molar-refractivity contribution is 5.86. The molecular formula is C18H21N7O. The highest BCUT2D eigenvalue weighted by Crippen LogP contribution is 2.24. The summed E-state index contributed by atoms with van der Waals surface area (Å²) >= 11 is 0. The van der Waals surface area contributed by atoms with Crippen LogP contribution in [0.1, 0.15) is 25.1 Å². The second-order valence-electron chi connectivity index (χ2n) is 6.50. The first-order valence-corrected chi connectivity index (χ1v) is 8.86. The predicted octanol–water partition coefficient (Wildman–Crippen LogP) is 1.89. The van der Waals surface area contributed by atoms with E-state index in [4.69, 9.17) is 0 Å². The van der Waals surface area contributed by atoms with Gasteiger partial charge in [-0.2, -0.15) is 5.10 Å². The maximum atomic E-state index is 11.3. The van der Waals surface area contributed by atoms with Crippen molar-refractivity contribution in [3.8, 4) is 0 Å². The van der Waals surface area contributed by atoms with Gasteiger partial charge in [0.05, 0.1) is 5.39 Å². The van der Waals surface area contributed by atoms with Gasteiger partial charge in [-0.05, 0) is 44.4 Å². The van der Waals surface area contributed by atoms with Gasteiger partial charge in [-0.1, -0.05) is 0 Å². The Balaban J connectivity index is 1.56. The van der Waals surface area contributed by atoms with Crippen molar-refractivity contribution in [2.45, 2.75) is 32.2 Å². The molecule has 8 heteroatoms. The molecule has 134 valence electrons.